The lowest BCUT2D eigenvalue weighted by Gasteiger charge is -2.17. The van der Waals surface area contributed by atoms with Crippen LogP contribution in [-0.2, 0) is 17.9 Å². The summed E-state index contributed by atoms with van der Waals surface area (Å²) in [6, 6.07) is 16.9. The third-order valence-corrected chi connectivity index (χ3v) is 15.6. The van der Waals surface area contributed by atoms with E-state index in [1.807, 2.05) is 33.1 Å². The number of rotatable bonds is 22. The molecule has 2 aliphatic rings. The third-order valence-electron chi connectivity index (χ3n) is 13.5. The topological polar surface area (TPSA) is 161 Å². The molecule has 4 aromatic carbocycles. The van der Waals surface area contributed by atoms with Gasteiger partial charge in [0.05, 0.1) is 31.8 Å². The number of carbonyl (C=O) groups is 3. The normalized spacial score (nSPS) is 13.4. The molecule has 10 rings (SSSR count). The number of fused-ring (bicyclic) bond motifs is 6. The lowest BCUT2D eigenvalue weighted by molar-refractivity contribution is -0.122. The number of hydrogen-bond donors (Lipinski definition) is 5. The van der Waals surface area contributed by atoms with Crippen molar-refractivity contribution in [3.8, 4) is 22.5 Å². The van der Waals surface area contributed by atoms with Gasteiger partial charge in [0.1, 0.15) is 23.3 Å². The average Bonchev–Trinajstić information content (AvgIpc) is 4.27. The molecule has 0 radical (unpaired) electrons. The number of aromatic nitrogens is 4. The predicted octanol–water partition coefficient (Wildman–Crippen LogP) is 10.1. The van der Waals surface area contributed by atoms with Crippen LogP contribution in [0.2, 0.25) is 0 Å². The van der Waals surface area contributed by atoms with Gasteiger partial charge in [0.25, 0.3) is 18.3 Å². The molecule has 0 saturated heterocycles. The van der Waals surface area contributed by atoms with Crippen molar-refractivity contribution >= 4 is 71.3 Å². The first kappa shape index (κ1) is 55.0. The first-order chi connectivity index (χ1) is 36.3. The van der Waals surface area contributed by atoms with Gasteiger partial charge in [-0.25, -0.2) is 27.5 Å². The van der Waals surface area contributed by atoms with Crippen LogP contribution >= 0.6 is 22.7 Å². The summed E-state index contributed by atoms with van der Waals surface area (Å²) >= 11 is 2.83. The van der Waals surface area contributed by atoms with E-state index in [9.17, 15) is 27.2 Å². The summed E-state index contributed by atoms with van der Waals surface area (Å²) in [7, 11) is 0. The zero-order chi connectivity index (χ0) is 53.2. The number of hydrogen-bond acceptors (Lipinski definition) is 11. The minimum Gasteiger partial charge on any atom is -0.483 e. The smallest absolute Gasteiger partial charge is 0.290 e. The molecule has 398 valence electrons. The molecule has 2 aliphatic carbocycles. The highest BCUT2D eigenvalue weighted by atomic mass is 32.1. The molecule has 0 unspecified atom stereocenters. The van der Waals surface area contributed by atoms with E-state index in [-0.39, 0.29) is 29.4 Å². The van der Waals surface area contributed by atoms with Gasteiger partial charge in [-0.15, -0.1) is 0 Å². The average molecular weight is 1070 g/mol. The van der Waals surface area contributed by atoms with E-state index in [0.29, 0.717) is 81.8 Å². The molecule has 8 aromatic rings. The van der Waals surface area contributed by atoms with Gasteiger partial charge >= 0.3 is 0 Å². The van der Waals surface area contributed by atoms with Gasteiger partial charge < -0.3 is 36.2 Å². The Labute approximate surface area is 441 Å². The van der Waals surface area contributed by atoms with Gasteiger partial charge in [0, 0.05) is 84.0 Å². The molecule has 14 nitrogen and oxygen atoms in total. The summed E-state index contributed by atoms with van der Waals surface area (Å²) in [5, 5.41) is 19.3. The quantitative estimate of drug-likeness (QED) is 0.0251. The summed E-state index contributed by atoms with van der Waals surface area (Å²) < 4.78 is 64.6. The van der Waals surface area contributed by atoms with Crippen LogP contribution in [-0.4, -0.2) is 116 Å². The fraction of sp³-hybridized carbons (Fsp3) is 0.400. The number of imidazole rings is 2. The minimum absolute atomic E-state index is 0.100. The number of halogens is 4. The lowest BCUT2D eigenvalue weighted by Crippen LogP contribution is -2.29. The van der Waals surface area contributed by atoms with Crippen LogP contribution in [0.5, 0.6) is 0 Å². The summed E-state index contributed by atoms with van der Waals surface area (Å²) in [6.45, 7) is 16.1. The standard InChI is InChI=1S/2C27H31F2N5OS.CH2O2/c2*1-3-33(4-2)11-5-10-30-26(35)17-6-9-24-25(13-17)36-27-32-23(16-34(24)27)20-14-21(28)18(12-22(20)29)15-31-19-7-8-19;2-1-3/h2*6,9,12-14,16,19,31H,3-5,7-8,10-11,15H2,1-2H3,(H,30,35);1H,(H,2,3). The van der Waals surface area contributed by atoms with Gasteiger partial charge in [-0.05, 0) is 138 Å². The van der Waals surface area contributed by atoms with Crippen LogP contribution in [0.4, 0.5) is 17.6 Å². The zero-order valence-electron chi connectivity index (χ0n) is 42.7. The van der Waals surface area contributed by atoms with Crippen LogP contribution in [0.3, 0.4) is 0 Å². The minimum atomic E-state index is -0.487. The summed E-state index contributed by atoms with van der Waals surface area (Å²) in [6.07, 6.45) is 9.60. The summed E-state index contributed by atoms with van der Waals surface area (Å²) in [4.78, 5) is 48.7. The second kappa shape index (κ2) is 25.5. The first-order valence-corrected chi connectivity index (χ1v) is 27.3. The largest absolute Gasteiger partial charge is 0.483 e. The fourth-order valence-electron chi connectivity index (χ4n) is 8.76. The number of nitrogens with zero attached hydrogens (tertiary/aromatic N) is 6. The number of benzene rings is 4. The van der Waals surface area contributed by atoms with E-state index in [0.717, 1.165) is 98.2 Å². The molecule has 0 atom stereocenters. The van der Waals surface area contributed by atoms with Crippen molar-refractivity contribution in [1.82, 2.24) is 49.8 Å². The van der Waals surface area contributed by atoms with Crippen molar-refractivity contribution < 1.29 is 37.1 Å². The van der Waals surface area contributed by atoms with Gasteiger partial charge in [0.2, 0.25) is 0 Å². The van der Waals surface area contributed by atoms with Crippen molar-refractivity contribution in [3.63, 3.8) is 0 Å². The Bertz CT molecular complexity index is 3050. The predicted molar refractivity (Wildman–Crippen MR) is 290 cm³/mol. The first-order valence-electron chi connectivity index (χ1n) is 25.7. The third kappa shape index (κ3) is 13.8. The Morgan fingerprint density at radius 1 is 0.627 bits per heavy atom. The molecule has 0 aliphatic heterocycles. The molecule has 75 heavy (non-hydrogen) atoms. The Morgan fingerprint density at radius 3 is 1.37 bits per heavy atom. The zero-order valence-corrected chi connectivity index (χ0v) is 44.3. The molecule has 5 N–H and O–H groups in total. The fourth-order valence-corrected chi connectivity index (χ4v) is 10.9. The monoisotopic (exact) mass is 1070 g/mol. The number of carboxylic acid groups (broad SMARTS) is 1. The molecular weight excluding hydrogens is 1000 g/mol. The van der Waals surface area contributed by atoms with E-state index in [2.05, 4.69) is 68.7 Å². The lowest BCUT2D eigenvalue weighted by atomic mass is 10.1. The van der Waals surface area contributed by atoms with Crippen LogP contribution < -0.4 is 21.3 Å². The maximum absolute atomic E-state index is 14.9. The number of carbonyl (C=O) groups excluding carboxylic acids is 2. The Kier molecular flexibility index (Phi) is 18.7. The highest BCUT2D eigenvalue weighted by Crippen LogP contribution is 2.34. The molecule has 4 aromatic heterocycles. The molecule has 20 heteroatoms. The molecule has 2 fully saturated rings. The van der Waals surface area contributed by atoms with Crippen molar-refractivity contribution in [1.29, 1.82) is 0 Å². The summed E-state index contributed by atoms with van der Waals surface area (Å²) in [5.41, 5.74) is 4.66. The molecule has 0 spiro atoms. The highest BCUT2D eigenvalue weighted by molar-refractivity contribution is 7.24. The van der Waals surface area contributed by atoms with E-state index >= 15 is 0 Å². The van der Waals surface area contributed by atoms with Gasteiger partial charge in [-0.3, -0.25) is 23.2 Å². The van der Waals surface area contributed by atoms with E-state index in [4.69, 9.17) is 9.90 Å². The van der Waals surface area contributed by atoms with E-state index in [1.54, 1.807) is 24.5 Å². The Morgan fingerprint density at radius 2 is 1.01 bits per heavy atom. The second-order valence-electron chi connectivity index (χ2n) is 18.7. The number of nitrogens with one attached hydrogen (secondary N) is 4. The van der Waals surface area contributed by atoms with Crippen molar-refractivity contribution in [2.45, 2.75) is 91.4 Å². The Balaban J connectivity index is 0.000000189. The molecule has 0 bridgehead atoms. The van der Waals surface area contributed by atoms with E-state index in [1.165, 1.54) is 46.9 Å². The van der Waals surface area contributed by atoms with Crippen LogP contribution in [0.1, 0.15) is 98.1 Å². The molecule has 2 amide bonds. The maximum atomic E-state index is 14.9. The molecule has 4 heterocycles. The van der Waals surface area contributed by atoms with Crippen LogP contribution in [0.15, 0.2) is 73.1 Å². The van der Waals surface area contributed by atoms with Gasteiger partial charge in [0.15, 0.2) is 9.92 Å². The second-order valence-corrected chi connectivity index (χ2v) is 20.7. The van der Waals surface area contributed by atoms with Crippen molar-refractivity contribution in [3.05, 3.63) is 119 Å². The van der Waals surface area contributed by atoms with Crippen LogP contribution in [0.25, 0.3) is 52.9 Å². The van der Waals surface area contributed by atoms with Crippen molar-refractivity contribution in [2.75, 3.05) is 52.4 Å². The highest BCUT2D eigenvalue weighted by Gasteiger charge is 2.24. The molecular formula is C55H64F4N10O4S2. The van der Waals surface area contributed by atoms with E-state index < -0.39 is 23.3 Å². The molecule has 2 saturated carbocycles. The number of thiazole rings is 2. The SMILES string of the molecule is CCN(CC)CCCNC(=O)c1ccc2c(c1)sc1nc(-c3cc(F)c(CNC4CC4)cc3F)cn12.CCN(CC)CCCNC(=O)c1ccc2c(c1)sc1nc(-c3cc(F)c(CNC4CC4)cc3F)cn12.O=CO. The maximum Gasteiger partial charge on any atom is 0.290 e. The van der Waals surface area contributed by atoms with Gasteiger partial charge in [-0.1, -0.05) is 50.4 Å². The number of amides is 2. The van der Waals surface area contributed by atoms with Gasteiger partial charge in [-0.2, -0.15) is 0 Å². The Hall–Kier alpha value is -6.29. The summed E-state index contributed by atoms with van der Waals surface area (Å²) in [5.74, 6) is -2.05. The van der Waals surface area contributed by atoms with Crippen molar-refractivity contribution in [2.24, 2.45) is 0 Å². The van der Waals surface area contributed by atoms with Crippen LogP contribution in [0, 0.1) is 23.3 Å².